The van der Waals surface area contributed by atoms with Gasteiger partial charge in [0.1, 0.15) is 0 Å². The van der Waals surface area contributed by atoms with Gasteiger partial charge in [-0.2, -0.15) is 13.2 Å². The molecule has 146 valence electrons. The lowest BCUT2D eigenvalue weighted by molar-refractivity contribution is -0.137. The Bertz CT molecular complexity index is 1090. The lowest BCUT2D eigenvalue weighted by Crippen LogP contribution is -2.03. The minimum Gasteiger partial charge on any atom is -0.423 e. The number of nitrogens with one attached hydrogen (secondary N) is 1. The number of anilines is 2. The van der Waals surface area contributed by atoms with Crippen LogP contribution in [0.4, 0.5) is 24.9 Å². The summed E-state index contributed by atoms with van der Waals surface area (Å²) in [6, 6.07) is 23.1. The van der Waals surface area contributed by atoms with Gasteiger partial charge in [0, 0.05) is 11.3 Å². The Labute approximate surface area is 165 Å². The number of oxazole rings is 1. The SMILES string of the molecule is FC(F)(F)c1ccc(-c2cnc(Nc3cccc(Cc4ccccc4)c3)o2)cc1. The van der Waals surface area contributed by atoms with Crippen LogP contribution in [-0.4, -0.2) is 4.98 Å². The molecular weight excluding hydrogens is 377 g/mol. The van der Waals surface area contributed by atoms with E-state index in [0.717, 1.165) is 29.8 Å². The number of benzene rings is 3. The predicted octanol–water partition coefficient (Wildman–Crippen LogP) is 6.69. The average Bonchev–Trinajstić information content (AvgIpc) is 3.17. The Hall–Kier alpha value is -3.54. The van der Waals surface area contributed by atoms with Crippen molar-refractivity contribution in [2.75, 3.05) is 5.32 Å². The van der Waals surface area contributed by atoms with E-state index in [0.29, 0.717) is 11.3 Å². The molecule has 4 rings (SSSR count). The van der Waals surface area contributed by atoms with Gasteiger partial charge in [-0.1, -0.05) is 54.6 Å². The molecule has 0 fully saturated rings. The molecule has 6 heteroatoms. The van der Waals surface area contributed by atoms with E-state index in [2.05, 4.69) is 22.4 Å². The third-order valence-electron chi connectivity index (χ3n) is 4.43. The van der Waals surface area contributed by atoms with Gasteiger partial charge >= 0.3 is 6.18 Å². The van der Waals surface area contributed by atoms with Crippen LogP contribution >= 0.6 is 0 Å². The number of hydrogen-bond donors (Lipinski definition) is 1. The van der Waals surface area contributed by atoms with Crippen molar-refractivity contribution in [1.29, 1.82) is 0 Å². The second-order valence-corrected chi connectivity index (χ2v) is 6.59. The van der Waals surface area contributed by atoms with Crippen molar-refractivity contribution in [2.45, 2.75) is 12.6 Å². The number of nitrogens with zero attached hydrogens (tertiary/aromatic N) is 1. The molecule has 0 aliphatic heterocycles. The largest absolute Gasteiger partial charge is 0.423 e. The van der Waals surface area contributed by atoms with Crippen LogP contribution in [0.25, 0.3) is 11.3 Å². The topological polar surface area (TPSA) is 38.1 Å². The van der Waals surface area contributed by atoms with Gasteiger partial charge in [0.25, 0.3) is 6.01 Å². The fourth-order valence-corrected chi connectivity index (χ4v) is 3.00. The summed E-state index contributed by atoms with van der Waals surface area (Å²) in [5, 5.41) is 3.10. The van der Waals surface area contributed by atoms with Crippen molar-refractivity contribution in [1.82, 2.24) is 4.98 Å². The Kier molecular flexibility index (Phi) is 5.08. The summed E-state index contributed by atoms with van der Waals surface area (Å²) in [7, 11) is 0. The van der Waals surface area contributed by atoms with Crippen LogP contribution in [-0.2, 0) is 12.6 Å². The maximum atomic E-state index is 12.7. The van der Waals surface area contributed by atoms with E-state index < -0.39 is 11.7 Å². The highest BCUT2D eigenvalue weighted by atomic mass is 19.4. The first kappa shape index (κ1) is 18.8. The Morgan fingerprint density at radius 2 is 1.55 bits per heavy atom. The summed E-state index contributed by atoms with van der Waals surface area (Å²) in [5.74, 6) is 0.390. The average molecular weight is 394 g/mol. The third-order valence-corrected chi connectivity index (χ3v) is 4.43. The zero-order valence-corrected chi connectivity index (χ0v) is 15.3. The van der Waals surface area contributed by atoms with E-state index in [9.17, 15) is 13.2 Å². The van der Waals surface area contributed by atoms with E-state index in [1.165, 1.54) is 23.9 Å². The Balaban J connectivity index is 1.47. The summed E-state index contributed by atoms with van der Waals surface area (Å²) in [5.41, 5.74) is 2.99. The lowest BCUT2D eigenvalue weighted by Gasteiger charge is -2.07. The molecule has 1 N–H and O–H groups in total. The van der Waals surface area contributed by atoms with Crippen molar-refractivity contribution in [3.8, 4) is 11.3 Å². The first-order valence-electron chi connectivity index (χ1n) is 9.01. The molecular formula is C23H17F3N2O. The molecule has 0 aliphatic carbocycles. The van der Waals surface area contributed by atoms with Gasteiger partial charge in [0.15, 0.2) is 5.76 Å². The van der Waals surface area contributed by atoms with Crippen LogP contribution in [0.1, 0.15) is 16.7 Å². The number of aromatic nitrogens is 1. The van der Waals surface area contributed by atoms with Crippen molar-refractivity contribution in [2.24, 2.45) is 0 Å². The molecule has 0 saturated carbocycles. The summed E-state index contributed by atoms with van der Waals surface area (Å²) in [6.45, 7) is 0. The van der Waals surface area contributed by atoms with Crippen LogP contribution in [0, 0.1) is 0 Å². The molecule has 0 bridgehead atoms. The number of hydrogen-bond acceptors (Lipinski definition) is 3. The van der Waals surface area contributed by atoms with Crippen LogP contribution in [0.3, 0.4) is 0 Å². The number of rotatable bonds is 5. The maximum absolute atomic E-state index is 12.7. The summed E-state index contributed by atoms with van der Waals surface area (Å²) in [4.78, 5) is 4.17. The Morgan fingerprint density at radius 3 is 2.28 bits per heavy atom. The first-order valence-corrected chi connectivity index (χ1v) is 9.01. The molecule has 29 heavy (non-hydrogen) atoms. The molecule has 0 aliphatic rings. The molecule has 0 saturated heterocycles. The van der Waals surface area contributed by atoms with Crippen LogP contribution in [0.2, 0.25) is 0 Å². The third kappa shape index (κ3) is 4.66. The van der Waals surface area contributed by atoms with Gasteiger partial charge in [-0.15, -0.1) is 0 Å². The van der Waals surface area contributed by atoms with Crippen molar-refractivity contribution < 1.29 is 17.6 Å². The van der Waals surface area contributed by atoms with Gasteiger partial charge in [0.05, 0.1) is 11.8 Å². The fraction of sp³-hybridized carbons (Fsp3) is 0.0870. The summed E-state index contributed by atoms with van der Waals surface area (Å²) in [6.07, 6.45) is -2.07. The van der Waals surface area contributed by atoms with Crippen LogP contribution in [0.5, 0.6) is 0 Å². The van der Waals surface area contributed by atoms with Crippen molar-refractivity contribution in [3.63, 3.8) is 0 Å². The zero-order chi connectivity index (χ0) is 20.3. The minimum absolute atomic E-state index is 0.275. The molecule has 1 aromatic heterocycles. The lowest BCUT2D eigenvalue weighted by atomic mass is 10.0. The molecule has 0 radical (unpaired) electrons. The van der Waals surface area contributed by atoms with E-state index in [1.807, 2.05) is 42.5 Å². The summed E-state index contributed by atoms with van der Waals surface area (Å²) >= 11 is 0. The van der Waals surface area contributed by atoms with Crippen LogP contribution in [0.15, 0.2) is 89.5 Å². The second-order valence-electron chi connectivity index (χ2n) is 6.59. The van der Waals surface area contributed by atoms with E-state index in [-0.39, 0.29) is 6.01 Å². The molecule has 1 heterocycles. The highest BCUT2D eigenvalue weighted by Gasteiger charge is 2.30. The molecule has 0 unspecified atom stereocenters. The van der Waals surface area contributed by atoms with Gasteiger partial charge in [-0.3, -0.25) is 0 Å². The highest BCUT2D eigenvalue weighted by Crippen LogP contribution is 2.31. The van der Waals surface area contributed by atoms with Gasteiger partial charge < -0.3 is 9.73 Å². The quantitative estimate of drug-likeness (QED) is 0.410. The number of halogens is 3. The van der Waals surface area contributed by atoms with Gasteiger partial charge in [-0.25, -0.2) is 4.98 Å². The fourth-order valence-electron chi connectivity index (χ4n) is 3.00. The molecule has 4 aromatic rings. The minimum atomic E-state index is -4.36. The molecule has 0 spiro atoms. The molecule has 3 aromatic carbocycles. The second kappa shape index (κ2) is 7.83. The van der Waals surface area contributed by atoms with E-state index in [1.54, 1.807) is 0 Å². The molecule has 0 amide bonds. The van der Waals surface area contributed by atoms with Crippen molar-refractivity contribution in [3.05, 3.63) is 102 Å². The van der Waals surface area contributed by atoms with Crippen molar-refractivity contribution >= 4 is 11.7 Å². The van der Waals surface area contributed by atoms with Gasteiger partial charge in [-0.05, 0) is 41.8 Å². The van der Waals surface area contributed by atoms with Gasteiger partial charge in [0.2, 0.25) is 0 Å². The van der Waals surface area contributed by atoms with E-state index >= 15 is 0 Å². The zero-order valence-electron chi connectivity index (χ0n) is 15.3. The Morgan fingerprint density at radius 1 is 0.828 bits per heavy atom. The van der Waals surface area contributed by atoms with E-state index in [4.69, 9.17) is 4.42 Å². The maximum Gasteiger partial charge on any atom is 0.416 e. The van der Waals surface area contributed by atoms with Crippen LogP contribution < -0.4 is 5.32 Å². The molecule has 0 atom stereocenters. The first-order chi connectivity index (χ1) is 14.0. The number of alkyl halides is 3. The highest BCUT2D eigenvalue weighted by molar-refractivity contribution is 5.60. The monoisotopic (exact) mass is 394 g/mol. The predicted molar refractivity (Wildman–Crippen MR) is 106 cm³/mol. The standard InChI is InChI=1S/C23H17F3N2O/c24-23(25,26)19-11-9-18(10-12-19)21-15-27-22(29-21)28-20-8-4-7-17(14-20)13-16-5-2-1-3-6-16/h1-12,14-15H,13H2,(H,27,28). The molecule has 3 nitrogen and oxygen atoms in total. The smallest absolute Gasteiger partial charge is 0.416 e. The normalized spacial score (nSPS) is 11.4. The summed E-state index contributed by atoms with van der Waals surface area (Å²) < 4.78 is 43.7.